The molecular weight excluding hydrogens is 205 g/mol. The number of aromatic carboxylic acids is 1. The number of thiophene rings is 1. The maximum absolute atomic E-state index is 12.1. The average Bonchev–Trinajstić information content (AvgIpc) is 2.29. The highest BCUT2D eigenvalue weighted by molar-refractivity contribution is 7.14. The van der Waals surface area contributed by atoms with Crippen LogP contribution in [0.25, 0.3) is 0 Å². The smallest absolute Gasteiger partial charge is 0.425 e. The second-order valence-electron chi connectivity index (χ2n) is 2.43. The molecule has 0 unspecified atom stereocenters. The predicted molar refractivity (Wildman–Crippen MR) is 41.0 cm³/mol. The van der Waals surface area contributed by atoms with Gasteiger partial charge in [0.2, 0.25) is 0 Å². The van der Waals surface area contributed by atoms with Crippen LogP contribution >= 0.6 is 11.3 Å². The first-order valence-electron chi connectivity index (χ1n) is 3.23. The molecule has 0 aliphatic carbocycles. The summed E-state index contributed by atoms with van der Waals surface area (Å²) in [5, 5.41) is 8.49. The standard InChI is InChI=1S/C7H5F3O2S/c1-3-2-4(7(8,9)10)13-5(3)6(11)12/h2H,1H3,(H,11,12). The molecule has 1 rings (SSSR count). The molecule has 0 saturated heterocycles. The Kier molecular flexibility index (Phi) is 2.34. The van der Waals surface area contributed by atoms with Gasteiger partial charge in [0.15, 0.2) is 0 Å². The van der Waals surface area contributed by atoms with E-state index in [0.29, 0.717) is 0 Å². The number of hydrogen-bond acceptors (Lipinski definition) is 2. The number of aryl methyl sites for hydroxylation is 1. The molecule has 0 radical (unpaired) electrons. The monoisotopic (exact) mass is 210 g/mol. The summed E-state index contributed by atoms with van der Waals surface area (Å²) in [7, 11) is 0. The van der Waals surface area contributed by atoms with E-state index in [2.05, 4.69) is 0 Å². The van der Waals surface area contributed by atoms with Gasteiger partial charge in [0.1, 0.15) is 9.75 Å². The van der Waals surface area contributed by atoms with Crippen molar-refractivity contribution in [2.24, 2.45) is 0 Å². The van der Waals surface area contributed by atoms with Gasteiger partial charge in [-0.3, -0.25) is 0 Å². The minimum Gasteiger partial charge on any atom is -0.477 e. The van der Waals surface area contributed by atoms with Gasteiger partial charge in [0.25, 0.3) is 0 Å². The summed E-state index contributed by atoms with van der Waals surface area (Å²) in [5.41, 5.74) is 0.143. The lowest BCUT2D eigenvalue weighted by atomic mass is 10.2. The molecule has 13 heavy (non-hydrogen) atoms. The van der Waals surface area contributed by atoms with Crippen LogP contribution in [0.3, 0.4) is 0 Å². The Morgan fingerprint density at radius 2 is 2.08 bits per heavy atom. The minimum absolute atomic E-state index is 0.143. The molecule has 0 atom stereocenters. The molecular formula is C7H5F3O2S. The van der Waals surface area contributed by atoms with Crippen LogP contribution < -0.4 is 0 Å². The van der Waals surface area contributed by atoms with E-state index in [4.69, 9.17) is 5.11 Å². The van der Waals surface area contributed by atoms with E-state index in [1.807, 2.05) is 0 Å². The first kappa shape index (κ1) is 10.0. The van der Waals surface area contributed by atoms with Gasteiger partial charge in [0.05, 0.1) is 0 Å². The SMILES string of the molecule is Cc1cc(C(F)(F)F)sc1C(=O)O. The van der Waals surface area contributed by atoms with Crippen molar-refractivity contribution in [3.8, 4) is 0 Å². The largest absolute Gasteiger partial charge is 0.477 e. The number of halogens is 3. The van der Waals surface area contributed by atoms with Gasteiger partial charge in [-0.05, 0) is 18.6 Å². The van der Waals surface area contributed by atoms with E-state index in [1.165, 1.54) is 6.92 Å². The molecule has 0 aliphatic heterocycles. The number of carbonyl (C=O) groups is 1. The van der Waals surface area contributed by atoms with Crippen LogP contribution in [0.4, 0.5) is 13.2 Å². The Labute approximate surface area is 75.6 Å². The zero-order valence-electron chi connectivity index (χ0n) is 6.47. The third-order valence-corrected chi connectivity index (χ3v) is 2.66. The van der Waals surface area contributed by atoms with Crippen molar-refractivity contribution in [2.45, 2.75) is 13.1 Å². The topological polar surface area (TPSA) is 37.3 Å². The Morgan fingerprint density at radius 3 is 2.31 bits per heavy atom. The summed E-state index contributed by atoms with van der Waals surface area (Å²) in [4.78, 5) is 9.28. The van der Waals surface area contributed by atoms with Gasteiger partial charge in [-0.1, -0.05) is 0 Å². The summed E-state index contributed by atoms with van der Waals surface area (Å²) < 4.78 is 36.2. The Balaban J connectivity index is 3.17. The van der Waals surface area contributed by atoms with Crippen LogP contribution in [0.15, 0.2) is 6.07 Å². The molecule has 0 saturated carbocycles. The van der Waals surface area contributed by atoms with Crippen molar-refractivity contribution in [3.05, 3.63) is 21.4 Å². The third-order valence-electron chi connectivity index (χ3n) is 1.39. The minimum atomic E-state index is -4.46. The molecule has 1 N–H and O–H groups in total. The van der Waals surface area contributed by atoms with Crippen molar-refractivity contribution in [1.29, 1.82) is 0 Å². The first-order valence-corrected chi connectivity index (χ1v) is 4.05. The van der Waals surface area contributed by atoms with Crippen LogP contribution in [0, 0.1) is 6.92 Å². The summed E-state index contributed by atoms with van der Waals surface area (Å²) in [6, 6.07) is 0.841. The van der Waals surface area contributed by atoms with Crippen LogP contribution in [-0.2, 0) is 6.18 Å². The quantitative estimate of drug-likeness (QED) is 0.773. The fourth-order valence-electron chi connectivity index (χ4n) is 0.834. The van der Waals surface area contributed by atoms with Crippen molar-refractivity contribution in [1.82, 2.24) is 0 Å². The van der Waals surface area contributed by atoms with Gasteiger partial charge in [-0.25, -0.2) is 4.79 Å². The predicted octanol–water partition coefficient (Wildman–Crippen LogP) is 2.77. The fraction of sp³-hybridized carbons (Fsp3) is 0.286. The van der Waals surface area contributed by atoms with Crippen LogP contribution in [-0.4, -0.2) is 11.1 Å². The van der Waals surface area contributed by atoms with E-state index < -0.39 is 17.0 Å². The molecule has 1 heterocycles. The molecule has 1 aromatic rings. The fourth-order valence-corrected chi connectivity index (χ4v) is 1.71. The summed E-state index contributed by atoms with van der Waals surface area (Å²) in [6.07, 6.45) is -4.46. The number of rotatable bonds is 1. The Hall–Kier alpha value is -1.04. The van der Waals surface area contributed by atoms with Crippen molar-refractivity contribution < 1.29 is 23.1 Å². The lowest BCUT2D eigenvalue weighted by Crippen LogP contribution is -2.00. The molecule has 0 fully saturated rings. The van der Waals surface area contributed by atoms with E-state index in [0.717, 1.165) is 6.07 Å². The Morgan fingerprint density at radius 1 is 1.54 bits per heavy atom. The zero-order valence-corrected chi connectivity index (χ0v) is 7.29. The number of hydrogen-bond donors (Lipinski definition) is 1. The van der Waals surface area contributed by atoms with E-state index >= 15 is 0 Å². The Bertz CT molecular complexity index is 340. The molecule has 0 aliphatic rings. The second kappa shape index (κ2) is 3.02. The zero-order chi connectivity index (χ0) is 10.2. The van der Waals surface area contributed by atoms with Crippen molar-refractivity contribution in [3.63, 3.8) is 0 Å². The highest BCUT2D eigenvalue weighted by Gasteiger charge is 2.34. The van der Waals surface area contributed by atoms with Crippen molar-refractivity contribution >= 4 is 17.3 Å². The molecule has 1 aromatic heterocycles. The van der Waals surface area contributed by atoms with Gasteiger partial charge in [-0.15, -0.1) is 11.3 Å². The molecule has 0 aromatic carbocycles. The van der Waals surface area contributed by atoms with Gasteiger partial charge >= 0.3 is 12.1 Å². The maximum atomic E-state index is 12.1. The van der Waals surface area contributed by atoms with Gasteiger partial charge in [0, 0.05) is 0 Å². The number of alkyl halides is 3. The lowest BCUT2D eigenvalue weighted by molar-refractivity contribution is -0.134. The first-order chi connectivity index (χ1) is 5.82. The third kappa shape index (κ3) is 2.00. The van der Waals surface area contributed by atoms with Gasteiger partial charge in [-0.2, -0.15) is 13.2 Å². The van der Waals surface area contributed by atoms with Crippen LogP contribution in [0.5, 0.6) is 0 Å². The highest BCUT2D eigenvalue weighted by atomic mass is 32.1. The normalized spacial score (nSPS) is 11.7. The van der Waals surface area contributed by atoms with E-state index in [-0.39, 0.29) is 21.8 Å². The maximum Gasteiger partial charge on any atom is 0.425 e. The highest BCUT2D eigenvalue weighted by Crippen LogP contribution is 2.36. The van der Waals surface area contributed by atoms with E-state index in [9.17, 15) is 18.0 Å². The van der Waals surface area contributed by atoms with Gasteiger partial charge < -0.3 is 5.11 Å². The lowest BCUT2D eigenvalue weighted by Gasteiger charge is -1.99. The summed E-state index contributed by atoms with van der Waals surface area (Å²) >= 11 is 0.250. The van der Waals surface area contributed by atoms with Crippen LogP contribution in [0.2, 0.25) is 0 Å². The second-order valence-corrected chi connectivity index (χ2v) is 3.48. The van der Waals surface area contributed by atoms with Crippen LogP contribution in [0.1, 0.15) is 20.1 Å². The van der Waals surface area contributed by atoms with E-state index in [1.54, 1.807) is 0 Å². The number of carboxylic acid groups (broad SMARTS) is 1. The summed E-state index contributed by atoms with van der Waals surface area (Å²) in [6.45, 7) is 1.34. The molecule has 6 heteroatoms. The molecule has 72 valence electrons. The molecule has 0 spiro atoms. The number of carboxylic acids is 1. The average molecular weight is 210 g/mol. The molecule has 0 bridgehead atoms. The van der Waals surface area contributed by atoms with Crippen molar-refractivity contribution in [2.75, 3.05) is 0 Å². The molecule has 2 nitrogen and oxygen atoms in total. The molecule has 0 amide bonds. The summed E-state index contributed by atoms with van der Waals surface area (Å²) in [5.74, 6) is -1.32.